The molecule has 0 saturated carbocycles. The number of nitrogens with one attached hydrogen (secondary N) is 3. The SMILES string of the molecule is CCNC(=O)COc1ccc(-c2nc(Nc3ccc4[nH]ncc4c3)n(C)n2)cc1OC. The first-order valence-corrected chi connectivity index (χ1v) is 9.76. The highest BCUT2D eigenvalue weighted by molar-refractivity contribution is 5.82. The molecule has 0 aliphatic carbocycles. The van der Waals surface area contributed by atoms with Crippen LogP contribution in [0.15, 0.2) is 42.6 Å². The maximum atomic E-state index is 11.6. The highest BCUT2D eigenvalue weighted by atomic mass is 16.5. The van der Waals surface area contributed by atoms with Crippen molar-refractivity contribution in [3.8, 4) is 22.9 Å². The van der Waals surface area contributed by atoms with Crippen LogP contribution < -0.4 is 20.1 Å². The van der Waals surface area contributed by atoms with Gasteiger partial charge in [-0.3, -0.25) is 9.89 Å². The van der Waals surface area contributed by atoms with Crippen molar-refractivity contribution in [3.63, 3.8) is 0 Å². The molecule has 4 rings (SSSR count). The Kier molecular flexibility index (Phi) is 5.69. The van der Waals surface area contributed by atoms with E-state index in [4.69, 9.17) is 9.47 Å². The van der Waals surface area contributed by atoms with Crippen LogP contribution in [-0.2, 0) is 11.8 Å². The van der Waals surface area contributed by atoms with Gasteiger partial charge in [-0.15, -0.1) is 5.10 Å². The summed E-state index contributed by atoms with van der Waals surface area (Å²) in [6, 6.07) is 11.2. The van der Waals surface area contributed by atoms with Crippen molar-refractivity contribution in [3.05, 3.63) is 42.6 Å². The van der Waals surface area contributed by atoms with Crippen LogP contribution in [0.25, 0.3) is 22.3 Å². The van der Waals surface area contributed by atoms with Gasteiger partial charge in [-0.25, -0.2) is 4.68 Å². The standard InChI is InChI=1S/C21H23N7O3/c1-4-22-19(29)12-31-17-8-5-13(10-18(17)30-3)20-25-21(28(2)27-20)24-15-6-7-16-14(9-15)11-23-26-16/h5-11H,4,12H2,1-3H3,(H,22,29)(H,23,26)(H,24,25,27). The third-order valence-corrected chi connectivity index (χ3v) is 4.61. The number of aromatic nitrogens is 5. The summed E-state index contributed by atoms with van der Waals surface area (Å²) >= 11 is 0. The average Bonchev–Trinajstić information content (AvgIpc) is 3.38. The van der Waals surface area contributed by atoms with Gasteiger partial charge in [0.1, 0.15) is 0 Å². The van der Waals surface area contributed by atoms with E-state index in [2.05, 4.69) is 30.9 Å². The quantitative estimate of drug-likeness (QED) is 0.400. The lowest BCUT2D eigenvalue weighted by Gasteiger charge is -2.11. The van der Waals surface area contributed by atoms with Crippen LogP contribution in [0.2, 0.25) is 0 Å². The molecule has 2 heterocycles. The van der Waals surface area contributed by atoms with Gasteiger partial charge >= 0.3 is 0 Å². The van der Waals surface area contributed by atoms with Gasteiger partial charge < -0.3 is 20.1 Å². The van der Waals surface area contributed by atoms with Crippen LogP contribution >= 0.6 is 0 Å². The molecule has 0 radical (unpaired) electrons. The van der Waals surface area contributed by atoms with Crippen molar-refractivity contribution in [2.24, 2.45) is 7.05 Å². The molecular weight excluding hydrogens is 398 g/mol. The Morgan fingerprint density at radius 3 is 2.87 bits per heavy atom. The summed E-state index contributed by atoms with van der Waals surface area (Å²) in [5.74, 6) is 1.90. The number of carbonyl (C=O) groups excluding carboxylic acids is 1. The summed E-state index contributed by atoms with van der Waals surface area (Å²) in [6.07, 6.45) is 1.77. The fraction of sp³-hybridized carbons (Fsp3) is 0.238. The molecule has 0 unspecified atom stereocenters. The number of rotatable bonds is 8. The molecule has 2 aromatic heterocycles. The normalized spacial score (nSPS) is 10.8. The van der Waals surface area contributed by atoms with Crippen LogP contribution in [0.4, 0.5) is 11.6 Å². The summed E-state index contributed by atoms with van der Waals surface area (Å²) in [7, 11) is 3.36. The number of anilines is 2. The second kappa shape index (κ2) is 8.74. The molecule has 0 spiro atoms. The maximum absolute atomic E-state index is 11.6. The van der Waals surface area contributed by atoms with E-state index in [1.807, 2.05) is 38.2 Å². The maximum Gasteiger partial charge on any atom is 0.257 e. The third kappa shape index (κ3) is 4.42. The summed E-state index contributed by atoms with van der Waals surface area (Å²) < 4.78 is 12.7. The van der Waals surface area contributed by atoms with Gasteiger partial charge in [-0.1, -0.05) is 0 Å². The number of aryl methyl sites for hydroxylation is 1. The highest BCUT2D eigenvalue weighted by Crippen LogP contribution is 2.32. The first-order valence-electron chi connectivity index (χ1n) is 9.76. The van der Waals surface area contributed by atoms with Gasteiger partial charge in [0.25, 0.3) is 5.91 Å². The topological polar surface area (TPSA) is 119 Å². The predicted molar refractivity (Wildman–Crippen MR) is 117 cm³/mol. The van der Waals surface area contributed by atoms with Crippen LogP contribution in [0.5, 0.6) is 11.5 Å². The number of amides is 1. The average molecular weight is 421 g/mol. The minimum Gasteiger partial charge on any atom is -0.493 e. The lowest BCUT2D eigenvalue weighted by atomic mass is 10.2. The van der Waals surface area contributed by atoms with E-state index >= 15 is 0 Å². The Hall–Kier alpha value is -4.08. The van der Waals surface area contributed by atoms with Crippen molar-refractivity contribution in [1.82, 2.24) is 30.3 Å². The van der Waals surface area contributed by atoms with E-state index in [9.17, 15) is 4.79 Å². The molecule has 0 aliphatic heterocycles. The first-order chi connectivity index (χ1) is 15.1. The zero-order valence-corrected chi connectivity index (χ0v) is 17.5. The number of hydrogen-bond donors (Lipinski definition) is 3. The first kappa shape index (κ1) is 20.2. The van der Waals surface area contributed by atoms with Gasteiger partial charge in [0, 0.05) is 30.2 Å². The number of fused-ring (bicyclic) bond motifs is 1. The molecule has 0 fully saturated rings. The number of H-pyrrole nitrogens is 1. The van der Waals surface area contributed by atoms with Crippen LogP contribution in [0, 0.1) is 0 Å². The summed E-state index contributed by atoms with van der Waals surface area (Å²) in [5.41, 5.74) is 2.60. The molecule has 31 heavy (non-hydrogen) atoms. The number of aromatic amines is 1. The lowest BCUT2D eigenvalue weighted by Crippen LogP contribution is -2.28. The lowest BCUT2D eigenvalue weighted by molar-refractivity contribution is -0.123. The number of nitrogens with zero attached hydrogens (tertiary/aromatic N) is 4. The molecule has 2 aromatic carbocycles. The number of carbonyl (C=O) groups is 1. The second-order valence-electron chi connectivity index (χ2n) is 6.79. The Morgan fingerprint density at radius 2 is 2.06 bits per heavy atom. The summed E-state index contributed by atoms with van der Waals surface area (Å²) in [4.78, 5) is 16.2. The number of benzene rings is 2. The zero-order valence-electron chi connectivity index (χ0n) is 17.5. The van der Waals surface area contributed by atoms with E-state index in [1.54, 1.807) is 30.1 Å². The monoisotopic (exact) mass is 421 g/mol. The molecule has 0 saturated heterocycles. The van der Waals surface area contributed by atoms with Gasteiger partial charge in [-0.05, 0) is 43.3 Å². The molecule has 10 heteroatoms. The fourth-order valence-corrected chi connectivity index (χ4v) is 3.08. The predicted octanol–water partition coefficient (Wildman–Crippen LogP) is 2.63. The Balaban J connectivity index is 1.53. The fourth-order valence-electron chi connectivity index (χ4n) is 3.08. The molecule has 0 aliphatic rings. The van der Waals surface area contributed by atoms with Crippen molar-refractivity contribution < 1.29 is 14.3 Å². The molecule has 160 valence electrons. The van der Waals surface area contributed by atoms with E-state index in [0.717, 1.165) is 22.2 Å². The van der Waals surface area contributed by atoms with Crippen molar-refractivity contribution in [2.45, 2.75) is 6.92 Å². The summed E-state index contributed by atoms with van der Waals surface area (Å²) in [5, 5.41) is 18.4. The Morgan fingerprint density at radius 1 is 1.19 bits per heavy atom. The van der Waals surface area contributed by atoms with Gasteiger partial charge in [0.05, 0.1) is 18.8 Å². The van der Waals surface area contributed by atoms with Crippen molar-refractivity contribution in [2.75, 3.05) is 25.6 Å². The molecule has 10 nitrogen and oxygen atoms in total. The minimum absolute atomic E-state index is 0.0829. The van der Waals surface area contributed by atoms with Gasteiger partial charge in [0.2, 0.25) is 5.95 Å². The van der Waals surface area contributed by atoms with Gasteiger partial charge in [-0.2, -0.15) is 10.1 Å². The van der Waals surface area contributed by atoms with Crippen molar-refractivity contribution >= 4 is 28.4 Å². The number of methoxy groups -OCH3 is 1. The van der Waals surface area contributed by atoms with E-state index in [-0.39, 0.29) is 12.5 Å². The van der Waals surface area contributed by atoms with Gasteiger partial charge in [0.15, 0.2) is 23.9 Å². The van der Waals surface area contributed by atoms with E-state index in [0.29, 0.717) is 29.8 Å². The molecule has 0 bridgehead atoms. The zero-order chi connectivity index (χ0) is 21.8. The van der Waals surface area contributed by atoms with Crippen LogP contribution in [0.1, 0.15) is 6.92 Å². The number of likely N-dealkylation sites (N-methyl/N-ethyl adjacent to an activating group) is 1. The molecule has 4 aromatic rings. The van der Waals surface area contributed by atoms with Crippen LogP contribution in [0.3, 0.4) is 0 Å². The van der Waals surface area contributed by atoms with E-state index in [1.165, 1.54) is 0 Å². The molecule has 1 amide bonds. The van der Waals surface area contributed by atoms with Crippen molar-refractivity contribution in [1.29, 1.82) is 0 Å². The highest BCUT2D eigenvalue weighted by Gasteiger charge is 2.14. The minimum atomic E-state index is -0.190. The largest absolute Gasteiger partial charge is 0.493 e. The molecule has 0 atom stereocenters. The van der Waals surface area contributed by atoms with Crippen LogP contribution in [-0.4, -0.2) is 51.1 Å². The smallest absolute Gasteiger partial charge is 0.257 e. The Labute approximate surface area is 178 Å². The Bertz CT molecular complexity index is 1210. The van der Waals surface area contributed by atoms with E-state index < -0.39 is 0 Å². The number of hydrogen-bond acceptors (Lipinski definition) is 7. The third-order valence-electron chi connectivity index (χ3n) is 4.61. The molecular formula is C21H23N7O3. The summed E-state index contributed by atoms with van der Waals surface area (Å²) in [6.45, 7) is 2.32. The molecule has 3 N–H and O–H groups in total. The second-order valence-corrected chi connectivity index (χ2v) is 6.79. The number of ether oxygens (including phenoxy) is 2.